The number of anilines is 2. The number of hydrogen-bond acceptors (Lipinski definition) is 6. The molecular formula is C12H14N6. The normalized spacial score (nSPS) is 18.8. The average Bonchev–Trinajstić information content (AvgIpc) is 2.94. The van der Waals surface area contributed by atoms with Crippen molar-refractivity contribution >= 4 is 11.8 Å². The minimum absolute atomic E-state index is 0.316. The summed E-state index contributed by atoms with van der Waals surface area (Å²) >= 11 is 0. The van der Waals surface area contributed by atoms with Gasteiger partial charge in [-0.2, -0.15) is 0 Å². The van der Waals surface area contributed by atoms with Crippen LogP contribution >= 0.6 is 0 Å². The Balaban J connectivity index is 1.78. The smallest absolute Gasteiger partial charge is 0.228 e. The van der Waals surface area contributed by atoms with Gasteiger partial charge in [-0.3, -0.25) is 4.98 Å². The summed E-state index contributed by atoms with van der Waals surface area (Å²) < 4.78 is 0. The fourth-order valence-corrected chi connectivity index (χ4v) is 2.02. The third kappa shape index (κ3) is 2.43. The maximum absolute atomic E-state index is 4.53. The molecule has 0 aliphatic carbocycles. The van der Waals surface area contributed by atoms with Crippen molar-refractivity contribution in [1.82, 2.24) is 25.3 Å². The summed E-state index contributed by atoms with van der Waals surface area (Å²) in [6, 6.07) is 2.09. The molecule has 18 heavy (non-hydrogen) atoms. The third-order valence-electron chi connectivity index (χ3n) is 2.88. The van der Waals surface area contributed by atoms with E-state index in [0.29, 0.717) is 17.8 Å². The van der Waals surface area contributed by atoms with Crippen molar-refractivity contribution in [3.05, 3.63) is 36.5 Å². The Hall–Kier alpha value is -2.08. The highest BCUT2D eigenvalue weighted by Gasteiger charge is 2.18. The van der Waals surface area contributed by atoms with Crippen LogP contribution in [0.25, 0.3) is 0 Å². The van der Waals surface area contributed by atoms with Crippen molar-refractivity contribution < 1.29 is 0 Å². The molecule has 0 unspecified atom stereocenters. The third-order valence-corrected chi connectivity index (χ3v) is 2.88. The molecule has 1 aliphatic rings. The first-order chi connectivity index (χ1) is 8.92. The van der Waals surface area contributed by atoms with Gasteiger partial charge in [0.25, 0.3) is 0 Å². The second kappa shape index (κ2) is 5.05. The Morgan fingerprint density at radius 2 is 2.11 bits per heavy atom. The Bertz CT molecular complexity index is 509. The molecule has 3 rings (SSSR count). The van der Waals surface area contributed by atoms with Crippen molar-refractivity contribution in [3.63, 3.8) is 0 Å². The van der Waals surface area contributed by atoms with Crippen molar-refractivity contribution in [3.8, 4) is 0 Å². The summed E-state index contributed by atoms with van der Waals surface area (Å²) in [4.78, 5) is 16.9. The van der Waals surface area contributed by atoms with Gasteiger partial charge in [-0.1, -0.05) is 0 Å². The van der Waals surface area contributed by atoms with Crippen molar-refractivity contribution in [2.75, 3.05) is 11.9 Å². The molecule has 3 heterocycles. The summed E-state index contributed by atoms with van der Waals surface area (Å²) in [5, 5.41) is 6.45. The lowest BCUT2D eigenvalue weighted by Gasteiger charge is -2.10. The first-order valence-electron chi connectivity index (χ1n) is 6.01. The largest absolute Gasteiger partial charge is 0.309 e. The van der Waals surface area contributed by atoms with E-state index in [4.69, 9.17) is 0 Å². The van der Waals surface area contributed by atoms with Crippen LogP contribution in [-0.4, -0.2) is 26.5 Å². The minimum Gasteiger partial charge on any atom is -0.309 e. The lowest BCUT2D eigenvalue weighted by atomic mass is 10.2. The fourth-order valence-electron chi connectivity index (χ4n) is 2.02. The Kier molecular flexibility index (Phi) is 3.10. The van der Waals surface area contributed by atoms with Crippen molar-refractivity contribution in [2.24, 2.45) is 0 Å². The van der Waals surface area contributed by atoms with Crippen LogP contribution in [0.5, 0.6) is 0 Å². The van der Waals surface area contributed by atoms with Gasteiger partial charge in [0.1, 0.15) is 0 Å². The second-order valence-electron chi connectivity index (χ2n) is 4.18. The molecule has 0 bridgehead atoms. The van der Waals surface area contributed by atoms with Crippen LogP contribution in [0.15, 0.2) is 30.9 Å². The number of aromatic nitrogens is 4. The van der Waals surface area contributed by atoms with E-state index in [1.54, 1.807) is 30.9 Å². The van der Waals surface area contributed by atoms with Gasteiger partial charge in [-0.05, 0) is 25.5 Å². The molecule has 0 radical (unpaired) electrons. The van der Waals surface area contributed by atoms with Crippen LogP contribution in [0.4, 0.5) is 11.8 Å². The zero-order valence-corrected chi connectivity index (χ0v) is 9.87. The van der Waals surface area contributed by atoms with E-state index in [1.807, 2.05) is 0 Å². The molecule has 6 heteroatoms. The van der Waals surface area contributed by atoms with E-state index in [1.165, 1.54) is 6.42 Å². The SMILES string of the molecule is c1cnc(Nc2cncc([C@@H]3CCCN3)n2)nc1. The molecule has 1 aliphatic heterocycles. The first-order valence-corrected chi connectivity index (χ1v) is 6.01. The zero-order valence-electron chi connectivity index (χ0n) is 9.87. The summed E-state index contributed by atoms with van der Waals surface area (Å²) in [5.74, 6) is 1.20. The number of nitrogens with one attached hydrogen (secondary N) is 2. The number of nitrogens with zero attached hydrogens (tertiary/aromatic N) is 4. The number of hydrogen-bond donors (Lipinski definition) is 2. The molecule has 0 aromatic carbocycles. The van der Waals surface area contributed by atoms with Gasteiger partial charge in [0.15, 0.2) is 5.82 Å². The van der Waals surface area contributed by atoms with E-state index in [2.05, 4.69) is 30.6 Å². The van der Waals surface area contributed by atoms with E-state index >= 15 is 0 Å². The predicted molar refractivity (Wildman–Crippen MR) is 67.3 cm³/mol. The number of rotatable bonds is 3. The Labute approximate surface area is 105 Å². The van der Waals surface area contributed by atoms with Gasteiger partial charge in [0.2, 0.25) is 5.95 Å². The Morgan fingerprint density at radius 1 is 1.22 bits per heavy atom. The van der Waals surface area contributed by atoms with Gasteiger partial charge in [-0.25, -0.2) is 15.0 Å². The maximum atomic E-state index is 4.53. The molecule has 0 saturated carbocycles. The Morgan fingerprint density at radius 3 is 2.89 bits per heavy atom. The average molecular weight is 242 g/mol. The summed E-state index contributed by atoms with van der Waals surface area (Å²) in [7, 11) is 0. The van der Waals surface area contributed by atoms with Gasteiger partial charge >= 0.3 is 0 Å². The monoisotopic (exact) mass is 242 g/mol. The van der Waals surface area contributed by atoms with E-state index in [9.17, 15) is 0 Å². The standard InChI is InChI=1S/C12H14N6/c1-3-9(14-4-1)10-7-13-8-11(17-10)18-12-15-5-2-6-16-12/h2,5-9,14H,1,3-4H2,(H,15,16,17,18)/t9-/m0/s1. The molecular weight excluding hydrogens is 228 g/mol. The quantitative estimate of drug-likeness (QED) is 0.848. The van der Waals surface area contributed by atoms with Crippen LogP contribution in [0, 0.1) is 0 Å². The molecule has 2 aromatic rings. The lowest BCUT2D eigenvalue weighted by molar-refractivity contribution is 0.625. The van der Waals surface area contributed by atoms with Crippen LogP contribution in [-0.2, 0) is 0 Å². The molecule has 1 atom stereocenters. The van der Waals surface area contributed by atoms with Crippen molar-refractivity contribution in [2.45, 2.75) is 18.9 Å². The molecule has 2 aromatic heterocycles. The minimum atomic E-state index is 0.316. The van der Waals surface area contributed by atoms with Gasteiger partial charge in [0.05, 0.1) is 24.1 Å². The lowest BCUT2D eigenvalue weighted by Crippen LogP contribution is -2.15. The molecule has 92 valence electrons. The van der Waals surface area contributed by atoms with Gasteiger partial charge < -0.3 is 10.6 Å². The van der Waals surface area contributed by atoms with Crippen LogP contribution in [0.1, 0.15) is 24.6 Å². The van der Waals surface area contributed by atoms with Crippen molar-refractivity contribution in [1.29, 1.82) is 0 Å². The van der Waals surface area contributed by atoms with E-state index < -0.39 is 0 Å². The molecule has 0 spiro atoms. The van der Waals surface area contributed by atoms with E-state index in [-0.39, 0.29) is 0 Å². The predicted octanol–water partition coefficient (Wildman–Crippen LogP) is 1.43. The summed E-state index contributed by atoms with van der Waals surface area (Å²) in [6.45, 7) is 1.05. The zero-order chi connectivity index (χ0) is 12.2. The molecule has 0 amide bonds. The molecule has 6 nitrogen and oxygen atoms in total. The highest BCUT2D eigenvalue weighted by atomic mass is 15.1. The fraction of sp³-hybridized carbons (Fsp3) is 0.333. The van der Waals surface area contributed by atoms with Crippen LogP contribution in [0.3, 0.4) is 0 Å². The molecule has 2 N–H and O–H groups in total. The van der Waals surface area contributed by atoms with Gasteiger partial charge in [0, 0.05) is 12.4 Å². The molecule has 1 fully saturated rings. The highest BCUT2D eigenvalue weighted by molar-refractivity contribution is 5.45. The highest BCUT2D eigenvalue weighted by Crippen LogP contribution is 2.21. The van der Waals surface area contributed by atoms with Crippen LogP contribution < -0.4 is 10.6 Å². The van der Waals surface area contributed by atoms with Gasteiger partial charge in [-0.15, -0.1) is 0 Å². The first kappa shape index (κ1) is 11.0. The molecule has 1 saturated heterocycles. The topological polar surface area (TPSA) is 75.6 Å². The van der Waals surface area contributed by atoms with E-state index in [0.717, 1.165) is 18.7 Å². The van der Waals surface area contributed by atoms with Crippen LogP contribution in [0.2, 0.25) is 0 Å². The summed E-state index contributed by atoms with van der Waals surface area (Å²) in [5.41, 5.74) is 0.966. The summed E-state index contributed by atoms with van der Waals surface area (Å²) in [6.07, 6.45) is 9.15. The maximum Gasteiger partial charge on any atom is 0.228 e. The second-order valence-corrected chi connectivity index (χ2v) is 4.18.